The van der Waals surface area contributed by atoms with Gasteiger partial charge in [0.25, 0.3) is 5.91 Å². The molecule has 1 atom stereocenters. The summed E-state index contributed by atoms with van der Waals surface area (Å²) in [5.41, 5.74) is 2.53. The Balaban J connectivity index is 1.52. The van der Waals surface area contributed by atoms with Crippen LogP contribution in [-0.2, 0) is 16.6 Å². The van der Waals surface area contributed by atoms with Crippen LogP contribution in [0.2, 0.25) is 0 Å². The lowest BCUT2D eigenvalue weighted by Crippen LogP contribution is -2.38. The Bertz CT molecular complexity index is 1070. The molecular formula is C25H34N4O3S. The van der Waals surface area contributed by atoms with Crippen molar-refractivity contribution in [1.82, 2.24) is 14.5 Å². The van der Waals surface area contributed by atoms with Gasteiger partial charge in [0.15, 0.2) is 0 Å². The molecule has 1 amide bonds. The lowest BCUT2D eigenvalue weighted by molar-refractivity contribution is 0.0938. The number of piperidine rings is 1. The highest BCUT2D eigenvalue weighted by Crippen LogP contribution is 2.28. The van der Waals surface area contributed by atoms with Gasteiger partial charge in [-0.2, -0.15) is 0 Å². The first-order valence-corrected chi connectivity index (χ1v) is 13.2. The first-order valence-electron chi connectivity index (χ1n) is 11.7. The molecule has 2 heterocycles. The summed E-state index contributed by atoms with van der Waals surface area (Å²) in [6.45, 7) is 4.34. The highest BCUT2D eigenvalue weighted by Gasteiger charge is 2.28. The van der Waals surface area contributed by atoms with Crippen LogP contribution in [0.1, 0.15) is 41.6 Å². The first kappa shape index (κ1) is 23.7. The van der Waals surface area contributed by atoms with E-state index in [9.17, 15) is 13.2 Å². The molecule has 0 saturated carbocycles. The molecule has 0 unspecified atom stereocenters. The molecule has 0 radical (unpaired) electrons. The highest BCUT2D eigenvalue weighted by molar-refractivity contribution is 7.89. The summed E-state index contributed by atoms with van der Waals surface area (Å²) in [7, 11) is -0.610. The third-order valence-electron chi connectivity index (χ3n) is 6.54. The maximum Gasteiger partial charge on any atom is 0.253 e. The van der Waals surface area contributed by atoms with E-state index in [1.807, 2.05) is 18.2 Å². The molecule has 0 bridgehead atoms. The van der Waals surface area contributed by atoms with Crippen molar-refractivity contribution in [2.24, 2.45) is 0 Å². The van der Waals surface area contributed by atoms with Crippen LogP contribution in [0.25, 0.3) is 0 Å². The monoisotopic (exact) mass is 470 g/mol. The number of carbonyl (C=O) groups excluding carboxylic acids is 1. The first-order chi connectivity index (χ1) is 15.8. The average molecular weight is 471 g/mol. The number of carbonyl (C=O) groups is 1. The predicted octanol–water partition coefficient (Wildman–Crippen LogP) is 2.93. The van der Waals surface area contributed by atoms with Crippen LogP contribution in [0.15, 0.2) is 53.4 Å². The Morgan fingerprint density at radius 2 is 1.76 bits per heavy atom. The van der Waals surface area contributed by atoms with Crippen molar-refractivity contribution in [2.45, 2.75) is 43.2 Å². The van der Waals surface area contributed by atoms with Gasteiger partial charge in [0.2, 0.25) is 10.0 Å². The SMILES string of the molecule is CN(C)S(=O)(=O)c1ccc(N2CCCCC2)c(C(=O)N[C@H]2CCN(Cc3ccccc3)C2)c1. The summed E-state index contributed by atoms with van der Waals surface area (Å²) in [6.07, 6.45) is 4.23. The second kappa shape index (κ2) is 10.2. The molecule has 2 aliphatic heterocycles. The minimum absolute atomic E-state index is 0.0459. The van der Waals surface area contributed by atoms with Crippen LogP contribution >= 0.6 is 0 Å². The summed E-state index contributed by atoms with van der Waals surface area (Å²) in [6, 6.07) is 15.3. The zero-order valence-corrected chi connectivity index (χ0v) is 20.4. The van der Waals surface area contributed by atoms with Crippen LogP contribution in [0.4, 0.5) is 5.69 Å². The molecule has 0 aliphatic carbocycles. The molecule has 2 aromatic rings. The minimum atomic E-state index is -3.62. The number of nitrogens with one attached hydrogen (secondary N) is 1. The van der Waals surface area contributed by atoms with Crippen LogP contribution in [-0.4, -0.2) is 69.8 Å². The predicted molar refractivity (Wildman–Crippen MR) is 131 cm³/mol. The van der Waals surface area contributed by atoms with Gasteiger partial charge < -0.3 is 10.2 Å². The van der Waals surface area contributed by atoms with Crippen molar-refractivity contribution in [3.8, 4) is 0 Å². The molecule has 2 aliphatic rings. The molecule has 2 fully saturated rings. The van der Waals surface area contributed by atoms with Crippen molar-refractivity contribution in [3.63, 3.8) is 0 Å². The summed E-state index contributed by atoms with van der Waals surface area (Å²) >= 11 is 0. The summed E-state index contributed by atoms with van der Waals surface area (Å²) < 4.78 is 26.6. The number of sulfonamides is 1. The molecule has 7 nitrogen and oxygen atoms in total. The Morgan fingerprint density at radius 3 is 2.45 bits per heavy atom. The fourth-order valence-electron chi connectivity index (χ4n) is 4.68. The van der Waals surface area contributed by atoms with Crippen molar-refractivity contribution >= 4 is 21.6 Å². The molecule has 2 saturated heterocycles. The third kappa shape index (κ3) is 5.57. The van der Waals surface area contributed by atoms with E-state index in [1.165, 1.54) is 30.4 Å². The minimum Gasteiger partial charge on any atom is -0.371 e. The zero-order chi connectivity index (χ0) is 23.4. The van der Waals surface area contributed by atoms with Gasteiger partial charge in [0.1, 0.15) is 0 Å². The zero-order valence-electron chi connectivity index (χ0n) is 19.5. The van der Waals surface area contributed by atoms with Crippen molar-refractivity contribution in [2.75, 3.05) is 45.2 Å². The second-order valence-electron chi connectivity index (χ2n) is 9.19. The van der Waals surface area contributed by atoms with Gasteiger partial charge in [-0.05, 0) is 49.4 Å². The van der Waals surface area contributed by atoms with E-state index in [0.29, 0.717) is 5.56 Å². The highest BCUT2D eigenvalue weighted by atomic mass is 32.2. The lowest BCUT2D eigenvalue weighted by Gasteiger charge is -2.31. The standard InChI is InChI=1S/C25H34N4O3S/c1-27(2)33(31,32)22-11-12-24(29-14-7-4-8-15-29)23(17-22)25(30)26-21-13-16-28(19-21)18-20-9-5-3-6-10-20/h3,5-6,9-12,17,21H,4,7-8,13-16,18-19H2,1-2H3,(H,26,30)/t21-/m0/s1. The number of rotatable bonds is 7. The van der Waals surface area contributed by atoms with Crippen molar-refractivity contribution in [1.29, 1.82) is 0 Å². The van der Waals surface area contributed by atoms with Gasteiger partial charge in [-0.25, -0.2) is 12.7 Å². The smallest absolute Gasteiger partial charge is 0.253 e. The summed E-state index contributed by atoms with van der Waals surface area (Å²) in [5.74, 6) is -0.196. The van der Waals surface area contributed by atoms with Crippen LogP contribution in [0.3, 0.4) is 0 Å². The Kier molecular flexibility index (Phi) is 7.36. The Labute approximate surface area is 197 Å². The number of amides is 1. The number of hydrogen-bond acceptors (Lipinski definition) is 5. The van der Waals surface area contributed by atoms with Crippen molar-refractivity contribution in [3.05, 3.63) is 59.7 Å². The van der Waals surface area contributed by atoms with Gasteiger partial charge >= 0.3 is 0 Å². The Morgan fingerprint density at radius 1 is 1.03 bits per heavy atom. The molecular weight excluding hydrogens is 436 g/mol. The van der Waals surface area contributed by atoms with E-state index in [2.05, 4.69) is 27.2 Å². The number of nitrogens with zero attached hydrogens (tertiary/aromatic N) is 3. The van der Waals surface area contributed by atoms with Crippen LogP contribution in [0, 0.1) is 0 Å². The number of benzene rings is 2. The summed E-state index contributed by atoms with van der Waals surface area (Å²) in [4.78, 5) is 18.1. The molecule has 4 rings (SSSR count). The molecule has 8 heteroatoms. The maximum atomic E-state index is 13.4. The molecule has 2 aromatic carbocycles. The Hall–Kier alpha value is -2.42. The van der Waals surface area contributed by atoms with Gasteiger partial charge in [-0.1, -0.05) is 30.3 Å². The van der Waals surface area contributed by atoms with E-state index < -0.39 is 10.0 Å². The molecule has 0 spiro atoms. The van der Waals surface area contributed by atoms with E-state index in [-0.39, 0.29) is 16.8 Å². The van der Waals surface area contributed by atoms with Gasteiger partial charge in [0.05, 0.1) is 10.5 Å². The largest absolute Gasteiger partial charge is 0.371 e. The fraction of sp³-hybridized carbons (Fsp3) is 0.480. The number of anilines is 1. The second-order valence-corrected chi connectivity index (χ2v) is 11.3. The lowest BCUT2D eigenvalue weighted by atomic mass is 10.1. The molecule has 1 N–H and O–H groups in total. The topological polar surface area (TPSA) is 73.0 Å². The maximum absolute atomic E-state index is 13.4. The number of hydrogen-bond donors (Lipinski definition) is 1. The van der Waals surface area contributed by atoms with E-state index in [1.54, 1.807) is 18.2 Å². The van der Waals surface area contributed by atoms with Crippen molar-refractivity contribution < 1.29 is 13.2 Å². The quantitative estimate of drug-likeness (QED) is 0.674. The average Bonchev–Trinajstić information content (AvgIpc) is 3.26. The fourth-order valence-corrected chi connectivity index (χ4v) is 5.61. The van der Waals surface area contributed by atoms with Crippen LogP contribution in [0.5, 0.6) is 0 Å². The normalized spacial score (nSPS) is 19.7. The molecule has 0 aromatic heterocycles. The summed E-state index contributed by atoms with van der Waals surface area (Å²) in [5, 5.41) is 3.18. The molecule has 33 heavy (non-hydrogen) atoms. The van der Waals surface area contributed by atoms with Crippen LogP contribution < -0.4 is 10.2 Å². The van der Waals surface area contributed by atoms with Gasteiger partial charge in [-0.3, -0.25) is 9.69 Å². The van der Waals surface area contributed by atoms with E-state index in [4.69, 9.17) is 0 Å². The third-order valence-corrected chi connectivity index (χ3v) is 8.36. The molecule has 178 valence electrons. The van der Waals surface area contributed by atoms with E-state index in [0.717, 1.165) is 57.7 Å². The van der Waals surface area contributed by atoms with E-state index >= 15 is 0 Å². The van der Waals surface area contributed by atoms with Gasteiger partial charge in [0, 0.05) is 58.5 Å². The van der Waals surface area contributed by atoms with Gasteiger partial charge in [-0.15, -0.1) is 0 Å². The number of likely N-dealkylation sites (tertiary alicyclic amines) is 1.